The lowest BCUT2D eigenvalue weighted by Crippen LogP contribution is -2.46. The number of rotatable bonds is 2. The first kappa shape index (κ1) is 16.3. The summed E-state index contributed by atoms with van der Waals surface area (Å²) in [6, 6.07) is 0. The number of aromatic amines is 1. The molecule has 0 bridgehead atoms. The van der Waals surface area contributed by atoms with Crippen molar-refractivity contribution in [3.8, 4) is 0 Å². The molecule has 26 heavy (non-hydrogen) atoms. The molecule has 1 spiro atoms. The Bertz CT molecular complexity index is 846. The van der Waals surface area contributed by atoms with E-state index in [4.69, 9.17) is 9.72 Å². The summed E-state index contributed by atoms with van der Waals surface area (Å²) in [6.07, 6.45) is 5.91. The highest BCUT2D eigenvalue weighted by Gasteiger charge is 2.45. The molecule has 7 nitrogen and oxygen atoms in total. The van der Waals surface area contributed by atoms with Crippen LogP contribution in [0.3, 0.4) is 0 Å². The van der Waals surface area contributed by atoms with Crippen molar-refractivity contribution in [3.05, 3.63) is 33.2 Å². The summed E-state index contributed by atoms with van der Waals surface area (Å²) in [7, 11) is 0. The van der Waals surface area contributed by atoms with E-state index in [1.54, 1.807) is 11.3 Å². The lowest BCUT2D eigenvalue weighted by atomic mass is 9.77. The maximum atomic E-state index is 12.7. The standard InChI is InChI=1S/C18H23N5O2S/c24-15-13-2-4-18(3-1-6-23(12-18)17-19-5-11-26-17)14(13)20-16(21-15)22-7-9-25-10-8-22/h5,11H,1-4,6-10,12H2,(H,20,21,24). The fraction of sp³-hybridized carbons (Fsp3) is 0.611. The summed E-state index contributed by atoms with van der Waals surface area (Å²) in [4.78, 5) is 29.8. The molecule has 2 saturated heterocycles. The minimum Gasteiger partial charge on any atom is -0.378 e. The van der Waals surface area contributed by atoms with E-state index in [9.17, 15) is 4.79 Å². The first-order valence-corrected chi connectivity index (χ1v) is 10.2. The molecule has 2 aliphatic heterocycles. The highest BCUT2D eigenvalue weighted by Crippen LogP contribution is 2.44. The molecule has 3 aliphatic rings. The number of ether oxygens (including phenoxy) is 1. The molecular weight excluding hydrogens is 350 g/mol. The third-order valence-corrected chi connectivity index (χ3v) is 6.77. The third-order valence-electron chi connectivity index (χ3n) is 5.94. The van der Waals surface area contributed by atoms with Crippen LogP contribution in [0, 0.1) is 0 Å². The molecule has 0 radical (unpaired) electrons. The zero-order valence-corrected chi connectivity index (χ0v) is 15.6. The van der Waals surface area contributed by atoms with Crippen molar-refractivity contribution >= 4 is 22.4 Å². The first-order valence-electron chi connectivity index (χ1n) is 9.36. The Morgan fingerprint density at radius 1 is 1.19 bits per heavy atom. The Hall–Kier alpha value is -1.93. The van der Waals surface area contributed by atoms with Gasteiger partial charge in [-0.1, -0.05) is 0 Å². The molecule has 8 heteroatoms. The van der Waals surface area contributed by atoms with E-state index in [2.05, 4.69) is 19.8 Å². The third kappa shape index (κ3) is 2.63. The summed E-state index contributed by atoms with van der Waals surface area (Å²) < 4.78 is 5.44. The molecule has 5 rings (SSSR count). The molecule has 138 valence electrons. The molecular formula is C18H23N5O2S. The lowest BCUT2D eigenvalue weighted by molar-refractivity contribution is 0.122. The molecule has 2 aromatic rings. The van der Waals surface area contributed by atoms with Crippen molar-refractivity contribution in [3.63, 3.8) is 0 Å². The Morgan fingerprint density at radius 2 is 2.08 bits per heavy atom. The first-order chi connectivity index (χ1) is 12.8. The Labute approximate surface area is 156 Å². The van der Waals surface area contributed by atoms with Gasteiger partial charge in [0.1, 0.15) is 0 Å². The van der Waals surface area contributed by atoms with Gasteiger partial charge >= 0.3 is 0 Å². The van der Waals surface area contributed by atoms with Gasteiger partial charge in [-0.25, -0.2) is 9.97 Å². The number of morpholine rings is 1. The van der Waals surface area contributed by atoms with Gasteiger partial charge in [0.15, 0.2) is 5.13 Å². The van der Waals surface area contributed by atoms with Crippen molar-refractivity contribution in [1.82, 2.24) is 15.0 Å². The molecule has 2 fully saturated rings. The minimum atomic E-state index is -0.0193. The van der Waals surface area contributed by atoms with E-state index in [-0.39, 0.29) is 11.0 Å². The van der Waals surface area contributed by atoms with Crippen molar-refractivity contribution in [1.29, 1.82) is 0 Å². The summed E-state index contributed by atoms with van der Waals surface area (Å²) in [5.74, 6) is 0.713. The average Bonchev–Trinajstić information content (AvgIpc) is 3.32. The summed E-state index contributed by atoms with van der Waals surface area (Å²) in [5, 5.41) is 3.11. The van der Waals surface area contributed by atoms with E-state index < -0.39 is 0 Å². The maximum Gasteiger partial charge on any atom is 0.255 e. The number of fused-ring (bicyclic) bond motifs is 2. The van der Waals surface area contributed by atoms with Gasteiger partial charge in [-0.05, 0) is 25.7 Å². The largest absolute Gasteiger partial charge is 0.378 e. The number of aromatic nitrogens is 3. The fourth-order valence-electron chi connectivity index (χ4n) is 4.63. The quantitative estimate of drug-likeness (QED) is 0.861. The predicted octanol–water partition coefficient (Wildman–Crippen LogP) is 1.55. The van der Waals surface area contributed by atoms with E-state index in [1.807, 2.05) is 11.6 Å². The number of nitrogens with zero attached hydrogens (tertiary/aromatic N) is 4. The van der Waals surface area contributed by atoms with E-state index in [0.29, 0.717) is 19.2 Å². The predicted molar refractivity (Wildman–Crippen MR) is 101 cm³/mol. The van der Waals surface area contributed by atoms with Crippen molar-refractivity contribution in [2.45, 2.75) is 31.1 Å². The van der Waals surface area contributed by atoms with E-state index >= 15 is 0 Å². The van der Waals surface area contributed by atoms with Crippen LogP contribution in [0.2, 0.25) is 0 Å². The number of nitrogens with one attached hydrogen (secondary N) is 1. The number of piperidine rings is 1. The Kier molecular flexibility index (Phi) is 3.97. The molecule has 0 amide bonds. The van der Waals surface area contributed by atoms with Gasteiger partial charge in [0.05, 0.1) is 18.9 Å². The molecule has 0 saturated carbocycles. The van der Waals surface area contributed by atoms with Crippen molar-refractivity contribution < 1.29 is 4.74 Å². The van der Waals surface area contributed by atoms with Gasteiger partial charge in [-0.15, -0.1) is 11.3 Å². The number of hydrogen-bond donors (Lipinski definition) is 1. The van der Waals surface area contributed by atoms with Crippen molar-refractivity contribution in [2.24, 2.45) is 0 Å². The average molecular weight is 373 g/mol. The highest BCUT2D eigenvalue weighted by molar-refractivity contribution is 7.13. The van der Waals surface area contributed by atoms with Gasteiger partial charge in [-0.3, -0.25) is 9.78 Å². The summed E-state index contributed by atoms with van der Waals surface area (Å²) in [6.45, 7) is 4.87. The van der Waals surface area contributed by atoms with Gasteiger partial charge in [-0.2, -0.15) is 0 Å². The molecule has 1 aliphatic carbocycles. The Balaban J connectivity index is 1.51. The van der Waals surface area contributed by atoms with E-state index in [0.717, 1.165) is 68.3 Å². The van der Waals surface area contributed by atoms with Crippen LogP contribution in [0.15, 0.2) is 16.4 Å². The van der Waals surface area contributed by atoms with Crippen LogP contribution in [-0.4, -0.2) is 54.3 Å². The zero-order valence-electron chi connectivity index (χ0n) is 14.7. The molecule has 1 unspecified atom stereocenters. The summed E-state index contributed by atoms with van der Waals surface area (Å²) >= 11 is 1.69. The minimum absolute atomic E-state index is 0.0193. The monoisotopic (exact) mass is 373 g/mol. The van der Waals surface area contributed by atoms with Crippen LogP contribution in [0.4, 0.5) is 11.1 Å². The topological polar surface area (TPSA) is 74.3 Å². The van der Waals surface area contributed by atoms with Crippen LogP contribution in [-0.2, 0) is 16.6 Å². The SMILES string of the molecule is O=c1[nH]c(N2CCOCC2)nc2c1CCC21CCCN(c2nccs2)C1. The fourth-order valence-corrected chi connectivity index (χ4v) is 5.30. The molecule has 2 aromatic heterocycles. The normalized spacial score (nSPS) is 25.7. The number of thiazole rings is 1. The summed E-state index contributed by atoms with van der Waals surface area (Å²) in [5.41, 5.74) is 1.95. The van der Waals surface area contributed by atoms with E-state index in [1.165, 1.54) is 0 Å². The molecule has 4 heterocycles. The molecule has 0 aromatic carbocycles. The number of hydrogen-bond acceptors (Lipinski definition) is 7. The zero-order chi connectivity index (χ0) is 17.6. The second-order valence-corrected chi connectivity index (χ2v) is 8.31. The van der Waals surface area contributed by atoms with Crippen LogP contribution in [0.1, 0.15) is 30.5 Å². The second-order valence-electron chi connectivity index (χ2n) is 7.44. The van der Waals surface area contributed by atoms with Gasteiger partial charge < -0.3 is 14.5 Å². The van der Waals surface area contributed by atoms with Crippen molar-refractivity contribution in [2.75, 3.05) is 49.2 Å². The van der Waals surface area contributed by atoms with Gasteiger partial charge in [0.2, 0.25) is 5.95 Å². The molecule has 1 N–H and O–H groups in total. The van der Waals surface area contributed by atoms with Crippen LogP contribution >= 0.6 is 11.3 Å². The molecule has 1 atom stereocenters. The number of H-pyrrole nitrogens is 1. The Morgan fingerprint density at radius 3 is 2.88 bits per heavy atom. The highest BCUT2D eigenvalue weighted by atomic mass is 32.1. The van der Waals surface area contributed by atoms with Gasteiger partial charge in [0, 0.05) is 48.7 Å². The van der Waals surface area contributed by atoms with Crippen LogP contribution in [0.5, 0.6) is 0 Å². The van der Waals surface area contributed by atoms with Crippen LogP contribution < -0.4 is 15.4 Å². The van der Waals surface area contributed by atoms with Crippen LogP contribution in [0.25, 0.3) is 0 Å². The lowest BCUT2D eigenvalue weighted by Gasteiger charge is -2.40. The van der Waals surface area contributed by atoms with Gasteiger partial charge in [0.25, 0.3) is 5.56 Å². The smallest absolute Gasteiger partial charge is 0.255 e. The second kappa shape index (κ2) is 6.35. The number of anilines is 2. The maximum absolute atomic E-state index is 12.7.